The smallest absolute Gasteiger partial charge is 0.273 e. The van der Waals surface area contributed by atoms with E-state index in [0.717, 1.165) is 19.8 Å². The van der Waals surface area contributed by atoms with E-state index in [0.29, 0.717) is 16.3 Å². The van der Waals surface area contributed by atoms with E-state index in [9.17, 15) is 8.42 Å². The Morgan fingerprint density at radius 2 is 2.00 bits per heavy atom. The summed E-state index contributed by atoms with van der Waals surface area (Å²) in [6.45, 7) is 0. The number of anilines is 2. The number of hydrogen-bond acceptors (Lipinski definition) is 6. The van der Waals surface area contributed by atoms with Gasteiger partial charge in [-0.2, -0.15) is 0 Å². The Morgan fingerprint density at radius 3 is 2.70 bits per heavy atom. The molecule has 0 aliphatic heterocycles. The van der Waals surface area contributed by atoms with Crippen molar-refractivity contribution >= 4 is 69.7 Å². The number of nitrogens with one attached hydrogen (secondary N) is 1. The topological polar surface area (TPSA) is 85.1 Å². The Bertz CT molecular complexity index is 885. The predicted molar refractivity (Wildman–Crippen MR) is 86.9 cm³/mol. The molecule has 0 bridgehead atoms. The van der Waals surface area contributed by atoms with Crippen molar-refractivity contribution in [1.29, 1.82) is 0 Å². The second kappa shape index (κ2) is 4.99. The molecule has 0 saturated heterocycles. The maximum Gasteiger partial charge on any atom is 0.273 e. The molecule has 0 spiro atoms. The van der Waals surface area contributed by atoms with Gasteiger partial charge in [0.05, 0.1) is 14.0 Å². The van der Waals surface area contributed by atoms with E-state index < -0.39 is 10.0 Å². The molecule has 2 heterocycles. The van der Waals surface area contributed by atoms with Crippen LogP contribution in [0.5, 0.6) is 0 Å². The third-order valence-corrected chi connectivity index (χ3v) is 6.96. The van der Waals surface area contributed by atoms with Crippen molar-refractivity contribution in [2.75, 3.05) is 10.5 Å². The third kappa shape index (κ3) is 2.66. The first-order valence-corrected chi connectivity index (χ1v) is 9.29. The highest BCUT2D eigenvalue weighted by atomic mass is 79.9. The number of aromatic nitrogens is 1. The predicted octanol–water partition coefficient (Wildman–Crippen LogP) is 3.50. The van der Waals surface area contributed by atoms with E-state index in [1.807, 2.05) is 0 Å². The van der Waals surface area contributed by atoms with Gasteiger partial charge in [-0.1, -0.05) is 11.3 Å². The molecule has 3 rings (SSSR count). The van der Waals surface area contributed by atoms with Crippen molar-refractivity contribution in [3.8, 4) is 0 Å². The summed E-state index contributed by atoms with van der Waals surface area (Å²) >= 11 is 5.64. The number of nitrogens with two attached hydrogens (primary N) is 1. The monoisotopic (exact) mass is 389 g/mol. The van der Waals surface area contributed by atoms with Gasteiger partial charge in [0.15, 0.2) is 5.13 Å². The molecule has 104 valence electrons. The fourth-order valence-corrected chi connectivity index (χ4v) is 5.75. The molecule has 9 heteroatoms. The average Bonchev–Trinajstić information content (AvgIpc) is 2.94. The van der Waals surface area contributed by atoms with Crippen LogP contribution in [0.1, 0.15) is 0 Å². The first-order chi connectivity index (χ1) is 9.44. The van der Waals surface area contributed by atoms with Crippen molar-refractivity contribution in [2.24, 2.45) is 0 Å². The fourth-order valence-electron chi connectivity index (χ4n) is 1.59. The second-order valence-corrected chi connectivity index (χ2v) is 9.31. The number of nitrogen functional groups attached to an aromatic ring is 1. The van der Waals surface area contributed by atoms with Crippen LogP contribution in [0.15, 0.2) is 38.3 Å². The lowest BCUT2D eigenvalue weighted by atomic mass is 10.3. The minimum Gasteiger partial charge on any atom is -0.399 e. The van der Waals surface area contributed by atoms with Gasteiger partial charge in [-0.3, -0.25) is 4.72 Å². The number of hydrogen-bond donors (Lipinski definition) is 2. The van der Waals surface area contributed by atoms with Gasteiger partial charge in [0.2, 0.25) is 0 Å². The molecule has 0 aliphatic rings. The Morgan fingerprint density at radius 1 is 1.20 bits per heavy atom. The molecular formula is C11H8BrN3O2S3. The first kappa shape index (κ1) is 13.8. The summed E-state index contributed by atoms with van der Waals surface area (Å²) in [5.41, 5.74) is 7.03. The molecule has 0 saturated carbocycles. The lowest BCUT2D eigenvalue weighted by molar-refractivity contribution is 0.603. The van der Waals surface area contributed by atoms with Crippen LogP contribution in [-0.2, 0) is 10.0 Å². The molecule has 3 N–H and O–H groups in total. The number of fused-ring (bicyclic) bond motifs is 1. The maximum atomic E-state index is 12.2. The van der Waals surface area contributed by atoms with E-state index in [4.69, 9.17) is 5.73 Å². The summed E-state index contributed by atoms with van der Waals surface area (Å²) in [7, 11) is -3.60. The largest absolute Gasteiger partial charge is 0.399 e. The number of thiophene rings is 1. The highest BCUT2D eigenvalue weighted by molar-refractivity contribution is 9.11. The van der Waals surface area contributed by atoms with Crippen molar-refractivity contribution in [1.82, 2.24) is 4.98 Å². The zero-order chi connectivity index (χ0) is 14.3. The third-order valence-electron chi connectivity index (χ3n) is 2.45. The van der Waals surface area contributed by atoms with Crippen LogP contribution in [-0.4, -0.2) is 13.4 Å². The summed E-state index contributed by atoms with van der Waals surface area (Å²) in [4.78, 5) is 4.24. The van der Waals surface area contributed by atoms with Crippen LogP contribution in [0.3, 0.4) is 0 Å². The second-order valence-electron chi connectivity index (χ2n) is 3.91. The van der Waals surface area contributed by atoms with Gasteiger partial charge in [0.1, 0.15) is 4.21 Å². The molecule has 5 nitrogen and oxygen atoms in total. The van der Waals surface area contributed by atoms with Crippen LogP contribution in [0.25, 0.3) is 10.2 Å². The lowest BCUT2D eigenvalue weighted by Crippen LogP contribution is -2.10. The van der Waals surface area contributed by atoms with Crippen LogP contribution in [0, 0.1) is 0 Å². The van der Waals surface area contributed by atoms with Crippen LogP contribution in [0.2, 0.25) is 0 Å². The maximum absolute atomic E-state index is 12.2. The van der Waals surface area contributed by atoms with Crippen LogP contribution < -0.4 is 10.5 Å². The number of thiazole rings is 1. The van der Waals surface area contributed by atoms with E-state index in [2.05, 4.69) is 25.6 Å². The zero-order valence-corrected chi connectivity index (χ0v) is 13.9. The molecule has 0 radical (unpaired) electrons. The highest BCUT2D eigenvalue weighted by Gasteiger charge is 2.18. The van der Waals surface area contributed by atoms with Gasteiger partial charge in [0, 0.05) is 5.69 Å². The SMILES string of the molecule is Nc1ccc2nc(NS(=O)(=O)c3ccc(Br)s3)sc2c1. The van der Waals surface area contributed by atoms with Crippen LogP contribution >= 0.6 is 38.6 Å². The number of rotatable bonds is 3. The lowest BCUT2D eigenvalue weighted by Gasteiger charge is -2.01. The standard InChI is InChI=1S/C11H8BrN3O2S3/c12-9-3-4-10(19-9)20(16,17)15-11-14-7-2-1-6(13)5-8(7)18-11/h1-5H,13H2,(H,14,15). The minimum absolute atomic E-state index is 0.239. The van der Waals surface area contributed by atoms with Gasteiger partial charge in [0.25, 0.3) is 10.0 Å². The van der Waals surface area contributed by atoms with E-state index >= 15 is 0 Å². The molecule has 1 aromatic carbocycles. The Balaban J connectivity index is 1.96. The van der Waals surface area contributed by atoms with Crippen molar-refractivity contribution < 1.29 is 8.42 Å². The molecule has 20 heavy (non-hydrogen) atoms. The Labute approximate surface area is 131 Å². The van der Waals surface area contributed by atoms with E-state index in [1.54, 1.807) is 30.3 Å². The van der Waals surface area contributed by atoms with Gasteiger partial charge < -0.3 is 5.73 Å². The molecule has 0 fully saturated rings. The number of nitrogens with zero attached hydrogens (tertiary/aromatic N) is 1. The quantitative estimate of drug-likeness (QED) is 0.671. The molecule has 0 aliphatic carbocycles. The molecule has 2 aromatic heterocycles. The Hall–Kier alpha value is -1.16. The summed E-state index contributed by atoms with van der Waals surface area (Å²) < 4.78 is 28.7. The zero-order valence-electron chi connectivity index (χ0n) is 9.83. The van der Waals surface area contributed by atoms with Crippen molar-refractivity contribution in [3.63, 3.8) is 0 Å². The van der Waals surface area contributed by atoms with E-state index in [-0.39, 0.29) is 4.21 Å². The summed E-state index contributed by atoms with van der Waals surface area (Å²) in [5.74, 6) is 0. The van der Waals surface area contributed by atoms with Gasteiger partial charge in [-0.05, 0) is 46.3 Å². The van der Waals surface area contributed by atoms with E-state index in [1.165, 1.54) is 11.3 Å². The minimum atomic E-state index is -3.60. The van der Waals surface area contributed by atoms with Gasteiger partial charge in [-0.25, -0.2) is 13.4 Å². The fraction of sp³-hybridized carbons (Fsp3) is 0. The molecular weight excluding hydrogens is 382 g/mol. The number of benzene rings is 1. The van der Waals surface area contributed by atoms with Gasteiger partial charge in [-0.15, -0.1) is 11.3 Å². The Kier molecular flexibility index (Phi) is 3.44. The van der Waals surface area contributed by atoms with Gasteiger partial charge >= 0.3 is 0 Å². The summed E-state index contributed by atoms with van der Waals surface area (Å²) in [5, 5.41) is 0.329. The molecule has 3 aromatic rings. The van der Waals surface area contributed by atoms with Crippen molar-refractivity contribution in [2.45, 2.75) is 4.21 Å². The molecule has 0 unspecified atom stereocenters. The highest BCUT2D eigenvalue weighted by Crippen LogP contribution is 2.31. The van der Waals surface area contributed by atoms with Crippen molar-refractivity contribution in [3.05, 3.63) is 34.1 Å². The molecule has 0 atom stereocenters. The number of sulfonamides is 1. The summed E-state index contributed by atoms with van der Waals surface area (Å²) in [6, 6.07) is 8.50. The first-order valence-electron chi connectivity index (χ1n) is 5.38. The molecule has 0 amide bonds. The number of halogens is 1. The average molecular weight is 390 g/mol. The van der Waals surface area contributed by atoms with Crippen LogP contribution in [0.4, 0.5) is 10.8 Å². The normalized spacial score (nSPS) is 11.8. The summed E-state index contributed by atoms with van der Waals surface area (Å²) in [6.07, 6.45) is 0.